The van der Waals surface area contributed by atoms with E-state index in [0.29, 0.717) is 45.3 Å². The predicted molar refractivity (Wildman–Crippen MR) is 141 cm³/mol. The van der Waals surface area contributed by atoms with E-state index in [1.165, 1.54) is 6.07 Å². The van der Waals surface area contributed by atoms with Crippen LogP contribution in [0.1, 0.15) is 12.0 Å². The van der Waals surface area contributed by atoms with Crippen LogP contribution in [0.25, 0.3) is 33.2 Å². The van der Waals surface area contributed by atoms with Gasteiger partial charge in [0.05, 0.1) is 11.2 Å². The van der Waals surface area contributed by atoms with E-state index in [2.05, 4.69) is 25.1 Å². The number of anilines is 1. The van der Waals surface area contributed by atoms with Gasteiger partial charge in [0.25, 0.3) is 5.56 Å². The van der Waals surface area contributed by atoms with Crippen molar-refractivity contribution in [3.05, 3.63) is 81.6 Å². The van der Waals surface area contributed by atoms with Gasteiger partial charge in [0, 0.05) is 42.2 Å². The minimum absolute atomic E-state index is 0.183. The van der Waals surface area contributed by atoms with Crippen molar-refractivity contribution in [2.75, 3.05) is 24.5 Å². The molecule has 0 bridgehead atoms. The number of halogens is 2. The summed E-state index contributed by atoms with van der Waals surface area (Å²) in [5, 5.41) is 9.12. The average Bonchev–Trinajstić information content (AvgIpc) is 3.37. The number of rotatable bonds is 4. The topological polar surface area (TPSA) is 117 Å². The summed E-state index contributed by atoms with van der Waals surface area (Å²) in [5.41, 5.74) is 8.83. The van der Waals surface area contributed by atoms with Crippen LogP contribution in [0.15, 0.2) is 59.7 Å². The molecule has 0 spiro atoms. The molecule has 1 saturated heterocycles. The standard InChI is InChI=1S/C27H23ClFN7O/c28-20-10-15-14(5-7-31-26(15)37)9-16(20)23-24-25(35-34-23)33-22(11-32-24)36-8-6-17-19(12-36)27(17,13-30)18-3-1-2-4-21(18)29/h1-5,7,9-11,17,19H,6,8,12-13,30H2,(H,31,37)(H,33,34,35)/t17-,19+,27-/m1/s1. The van der Waals surface area contributed by atoms with E-state index < -0.39 is 0 Å². The number of pyridine rings is 1. The van der Waals surface area contributed by atoms with Crippen molar-refractivity contribution in [2.24, 2.45) is 17.6 Å². The molecule has 4 heterocycles. The van der Waals surface area contributed by atoms with Gasteiger partial charge in [0.15, 0.2) is 5.65 Å². The van der Waals surface area contributed by atoms with E-state index in [1.807, 2.05) is 24.3 Å². The summed E-state index contributed by atoms with van der Waals surface area (Å²) in [6, 6.07) is 12.3. The van der Waals surface area contributed by atoms with Gasteiger partial charge in [-0.15, -0.1) is 0 Å². The largest absolute Gasteiger partial charge is 0.355 e. The number of aromatic nitrogens is 5. The highest BCUT2D eigenvalue weighted by Gasteiger charge is 2.66. The second-order valence-electron chi connectivity index (χ2n) is 9.90. The lowest BCUT2D eigenvalue weighted by Gasteiger charge is -2.26. The number of hydrogen-bond acceptors (Lipinski definition) is 6. The zero-order valence-corrected chi connectivity index (χ0v) is 20.5. The minimum Gasteiger partial charge on any atom is -0.355 e. The van der Waals surface area contributed by atoms with Gasteiger partial charge in [0.2, 0.25) is 0 Å². The number of nitrogens with one attached hydrogen (secondary N) is 2. The molecule has 0 radical (unpaired) electrons. The van der Waals surface area contributed by atoms with Crippen LogP contribution in [-0.4, -0.2) is 44.8 Å². The van der Waals surface area contributed by atoms with Gasteiger partial charge < -0.3 is 15.6 Å². The minimum atomic E-state index is -0.326. The van der Waals surface area contributed by atoms with E-state index in [4.69, 9.17) is 22.3 Å². The quantitative estimate of drug-likeness (QED) is 0.333. The van der Waals surface area contributed by atoms with E-state index in [0.717, 1.165) is 36.3 Å². The number of benzene rings is 2. The van der Waals surface area contributed by atoms with E-state index in [1.54, 1.807) is 24.5 Å². The van der Waals surface area contributed by atoms with Gasteiger partial charge in [-0.2, -0.15) is 5.10 Å². The molecule has 5 aromatic rings. The molecule has 0 unspecified atom stereocenters. The number of piperidine rings is 1. The Morgan fingerprint density at radius 2 is 2.08 bits per heavy atom. The number of nitrogens with two attached hydrogens (primary N) is 1. The number of nitrogens with zero attached hydrogens (tertiary/aromatic N) is 4. The first-order valence-electron chi connectivity index (χ1n) is 12.2. The lowest BCUT2D eigenvalue weighted by molar-refractivity contribution is 0.533. The number of aromatic amines is 2. The summed E-state index contributed by atoms with van der Waals surface area (Å²) in [6.45, 7) is 1.95. The zero-order chi connectivity index (χ0) is 25.3. The van der Waals surface area contributed by atoms with Gasteiger partial charge >= 0.3 is 0 Å². The van der Waals surface area contributed by atoms with Gasteiger partial charge in [-0.3, -0.25) is 9.89 Å². The van der Waals surface area contributed by atoms with Gasteiger partial charge in [-0.05, 0) is 53.5 Å². The third-order valence-corrected chi connectivity index (χ3v) is 8.55. The second-order valence-corrected chi connectivity index (χ2v) is 10.3. The van der Waals surface area contributed by atoms with Crippen LogP contribution < -0.4 is 16.2 Å². The van der Waals surface area contributed by atoms with Crippen LogP contribution >= 0.6 is 11.6 Å². The van der Waals surface area contributed by atoms with Crippen molar-refractivity contribution in [3.63, 3.8) is 0 Å². The molecular formula is C27H23ClFN7O. The maximum Gasteiger partial charge on any atom is 0.255 e. The monoisotopic (exact) mass is 515 g/mol. The van der Waals surface area contributed by atoms with Crippen LogP contribution in [0.5, 0.6) is 0 Å². The Balaban J connectivity index is 1.20. The molecule has 37 heavy (non-hydrogen) atoms. The maximum atomic E-state index is 14.7. The normalized spacial score (nSPS) is 22.9. The molecule has 1 saturated carbocycles. The maximum absolute atomic E-state index is 14.7. The SMILES string of the molecule is NC[C@]1(c2ccccc2F)[C@@H]2CCN(c3cnc4c(-c5cc6cc[nH]c(=O)c6cc5Cl)n[nH]c4n3)C[C@@H]21. The highest BCUT2D eigenvalue weighted by Crippen LogP contribution is 2.63. The van der Waals surface area contributed by atoms with Gasteiger partial charge in [-0.1, -0.05) is 29.8 Å². The average molecular weight is 516 g/mol. The van der Waals surface area contributed by atoms with Crippen molar-refractivity contribution >= 4 is 39.4 Å². The first-order chi connectivity index (χ1) is 18.0. The molecule has 186 valence electrons. The Morgan fingerprint density at radius 3 is 2.92 bits per heavy atom. The summed E-state index contributed by atoms with van der Waals surface area (Å²) in [5.74, 6) is 1.18. The van der Waals surface area contributed by atoms with Crippen LogP contribution in [0.4, 0.5) is 10.2 Å². The van der Waals surface area contributed by atoms with E-state index >= 15 is 0 Å². The Morgan fingerprint density at radius 1 is 1.22 bits per heavy atom. The van der Waals surface area contributed by atoms with Crippen molar-refractivity contribution in [2.45, 2.75) is 11.8 Å². The fourth-order valence-corrected chi connectivity index (χ4v) is 6.61. The smallest absolute Gasteiger partial charge is 0.255 e. The van der Waals surface area contributed by atoms with Crippen LogP contribution in [0.3, 0.4) is 0 Å². The van der Waals surface area contributed by atoms with Crippen LogP contribution in [0, 0.1) is 17.7 Å². The Labute approximate surface area is 215 Å². The van der Waals surface area contributed by atoms with Gasteiger partial charge in [-0.25, -0.2) is 14.4 Å². The third kappa shape index (κ3) is 3.24. The highest BCUT2D eigenvalue weighted by atomic mass is 35.5. The molecule has 3 aromatic heterocycles. The molecule has 7 rings (SSSR count). The van der Waals surface area contributed by atoms with Crippen LogP contribution in [0.2, 0.25) is 5.02 Å². The summed E-state index contributed by atoms with van der Waals surface area (Å²) < 4.78 is 14.7. The van der Waals surface area contributed by atoms with Gasteiger partial charge in [0.1, 0.15) is 22.8 Å². The second kappa shape index (κ2) is 8.09. The third-order valence-electron chi connectivity index (χ3n) is 8.24. The number of fused-ring (bicyclic) bond motifs is 3. The molecule has 2 aromatic carbocycles. The number of H-pyrrole nitrogens is 2. The summed E-state index contributed by atoms with van der Waals surface area (Å²) in [6.07, 6.45) is 4.26. The van der Waals surface area contributed by atoms with Crippen molar-refractivity contribution in [1.82, 2.24) is 25.1 Å². The Bertz CT molecular complexity index is 1750. The Hall–Kier alpha value is -3.82. The molecule has 2 aliphatic rings. The summed E-state index contributed by atoms with van der Waals surface area (Å²) in [4.78, 5) is 26.5. The zero-order valence-electron chi connectivity index (χ0n) is 19.7. The van der Waals surface area contributed by atoms with E-state index in [9.17, 15) is 9.18 Å². The first kappa shape index (κ1) is 22.4. The lowest BCUT2D eigenvalue weighted by atomic mass is 9.91. The lowest BCUT2D eigenvalue weighted by Crippen LogP contribution is -2.32. The molecule has 10 heteroatoms. The summed E-state index contributed by atoms with van der Waals surface area (Å²) >= 11 is 6.54. The predicted octanol–water partition coefficient (Wildman–Crippen LogP) is 4.01. The fraction of sp³-hybridized carbons (Fsp3) is 0.259. The summed E-state index contributed by atoms with van der Waals surface area (Å²) in [7, 11) is 0. The molecule has 1 aliphatic heterocycles. The van der Waals surface area contributed by atoms with Crippen LogP contribution in [-0.2, 0) is 5.41 Å². The van der Waals surface area contributed by atoms with Crippen molar-refractivity contribution < 1.29 is 4.39 Å². The molecule has 8 nitrogen and oxygen atoms in total. The first-order valence-corrected chi connectivity index (χ1v) is 12.6. The Kier molecular flexibility index (Phi) is 4.90. The molecule has 4 N–H and O–H groups in total. The van der Waals surface area contributed by atoms with Crippen molar-refractivity contribution in [3.8, 4) is 11.3 Å². The molecular weight excluding hydrogens is 493 g/mol. The molecule has 2 fully saturated rings. The molecule has 0 amide bonds. The molecule has 3 atom stereocenters. The highest BCUT2D eigenvalue weighted by molar-refractivity contribution is 6.34. The van der Waals surface area contributed by atoms with E-state index in [-0.39, 0.29) is 22.7 Å². The molecule has 1 aliphatic carbocycles. The van der Waals surface area contributed by atoms with Crippen molar-refractivity contribution in [1.29, 1.82) is 0 Å². The number of hydrogen-bond donors (Lipinski definition) is 3. The fourth-order valence-electron chi connectivity index (χ4n) is 6.36.